The molecule has 0 amide bonds. The molecule has 1 aromatic rings. The van der Waals surface area contributed by atoms with E-state index in [4.69, 9.17) is 11.1 Å². The Labute approximate surface area is 106 Å². The van der Waals surface area contributed by atoms with Crippen molar-refractivity contribution in [2.75, 3.05) is 13.1 Å². The topological polar surface area (TPSA) is 73.3 Å². The number of aliphatic hydroxyl groups excluding tert-OH is 1. The van der Waals surface area contributed by atoms with Gasteiger partial charge in [-0.1, -0.05) is 0 Å². The maximum absolute atomic E-state index is 13.4. The minimum Gasteiger partial charge on any atom is -0.392 e. The van der Waals surface area contributed by atoms with Gasteiger partial charge in [0, 0.05) is 18.7 Å². The number of benzene rings is 1. The summed E-state index contributed by atoms with van der Waals surface area (Å²) < 4.78 is 13.4. The second-order valence-electron chi connectivity index (χ2n) is 4.79. The Bertz CT molecular complexity index is 450. The van der Waals surface area contributed by atoms with E-state index in [0.717, 1.165) is 24.9 Å². The lowest BCUT2D eigenvalue weighted by Crippen LogP contribution is -2.37. The zero-order valence-corrected chi connectivity index (χ0v) is 10.2. The Morgan fingerprint density at radius 3 is 2.94 bits per heavy atom. The molecule has 98 valence electrons. The largest absolute Gasteiger partial charge is 0.392 e. The van der Waals surface area contributed by atoms with Crippen LogP contribution in [0, 0.1) is 11.2 Å². The van der Waals surface area contributed by atoms with Crippen LogP contribution in [0.3, 0.4) is 0 Å². The molecular formula is C13H18FN3O. The molecule has 4 nitrogen and oxygen atoms in total. The number of nitrogens with zero attached hydrogens (tertiary/aromatic N) is 1. The molecule has 1 aliphatic rings. The van der Waals surface area contributed by atoms with E-state index in [-0.39, 0.29) is 17.8 Å². The minimum atomic E-state index is -0.379. The van der Waals surface area contributed by atoms with E-state index in [1.165, 1.54) is 12.1 Å². The van der Waals surface area contributed by atoms with Crippen LogP contribution in [0.15, 0.2) is 18.2 Å². The Kier molecular flexibility index (Phi) is 3.93. The Morgan fingerprint density at radius 2 is 2.28 bits per heavy atom. The van der Waals surface area contributed by atoms with Gasteiger partial charge in [0.25, 0.3) is 0 Å². The number of β-amino-alcohol motifs (C(OH)–C–C–N with tert-alkyl or cyclic N) is 1. The number of piperidine rings is 1. The van der Waals surface area contributed by atoms with Gasteiger partial charge < -0.3 is 10.8 Å². The first kappa shape index (κ1) is 13.0. The first-order chi connectivity index (χ1) is 8.54. The van der Waals surface area contributed by atoms with Gasteiger partial charge in [0.05, 0.1) is 6.10 Å². The molecule has 1 atom stereocenters. The third-order valence-corrected chi connectivity index (χ3v) is 3.16. The monoisotopic (exact) mass is 251 g/mol. The molecule has 0 saturated carbocycles. The van der Waals surface area contributed by atoms with E-state index in [0.29, 0.717) is 18.7 Å². The molecule has 1 unspecified atom stereocenters. The van der Waals surface area contributed by atoms with E-state index < -0.39 is 0 Å². The Balaban J connectivity index is 2.10. The second-order valence-corrected chi connectivity index (χ2v) is 4.79. The van der Waals surface area contributed by atoms with Crippen molar-refractivity contribution in [1.29, 1.82) is 5.41 Å². The standard InChI is InChI=1S/C13H18FN3O/c14-11-5-9(4-10(6-11)13(15)16)7-17-3-1-2-12(18)8-17/h4-6,12,18H,1-3,7-8H2,(H3,15,16). The van der Waals surface area contributed by atoms with Gasteiger partial charge in [-0.3, -0.25) is 10.3 Å². The molecule has 1 fully saturated rings. The Morgan fingerprint density at radius 1 is 1.50 bits per heavy atom. The highest BCUT2D eigenvalue weighted by Gasteiger charge is 2.18. The van der Waals surface area contributed by atoms with Crippen LogP contribution in [0.4, 0.5) is 4.39 Å². The van der Waals surface area contributed by atoms with E-state index in [1.54, 1.807) is 6.07 Å². The molecule has 18 heavy (non-hydrogen) atoms. The normalized spacial score (nSPS) is 20.9. The van der Waals surface area contributed by atoms with Crippen LogP contribution in [0.25, 0.3) is 0 Å². The summed E-state index contributed by atoms with van der Waals surface area (Å²) in [5.74, 6) is -0.510. The van der Waals surface area contributed by atoms with Crippen molar-refractivity contribution >= 4 is 5.84 Å². The van der Waals surface area contributed by atoms with Gasteiger partial charge >= 0.3 is 0 Å². The molecule has 0 bridgehead atoms. The number of amidine groups is 1. The molecule has 4 N–H and O–H groups in total. The fraction of sp³-hybridized carbons (Fsp3) is 0.462. The lowest BCUT2D eigenvalue weighted by atomic mass is 10.1. The summed E-state index contributed by atoms with van der Waals surface area (Å²) in [4.78, 5) is 2.09. The summed E-state index contributed by atoms with van der Waals surface area (Å²) >= 11 is 0. The van der Waals surface area contributed by atoms with E-state index in [9.17, 15) is 9.50 Å². The predicted octanol–water partition coefficient (Wildman–Crippen LogP) is 1.07. The highest BCUT2D eigenvalue weighted by molar-refractivity contribution is 5.95. The van der Waals surface area contributed by atoms with Crippen LogP contribution in [-0.4, -0.2) is 35.0 Å². The zero-order chi connectivity index (χ0) is 13.1. The van der Waals surface area contributed by atoms with E-state index >= 15 is 0 Å². The van der Waals surface area contributed by atoms with Crippen molar-refractivity contribution in [2.45, 2.75) is 25.5 Å². The molecule has 1 aliphatic heterocycles. The predicted molar refractivity (Wildman–Crippen MR) is 67.9 cm³/mol. The van der Waals surface area contributed by atoms with Crippen LogP contribution in [0.1, 0.15) is 24.0 Å². The number of likely N-dealkylation sites (tertiary alicyclic amines) is 1. The molecule has 0 spiro atoms. The first-order valence-electron chi connectivity index (χ1n) is 6.09. The number of nitrogens with two attached hydrogens (primary N) is 1. The average molecular weight is 251 g/mol. The fourth-order valence-electron chi connectivity index (χ4n) is 2.33. The molecule has 0 radical (unpaired) electrons. The molecule has 1 heterocycles. The third kappa shape index (κ3) is 3.27. The summed E-state index contributed by atoms with van der Waals surface area (Å²) in [6, 6.07) is 4.44. The van der Waals surface area contributed by atoms with Gasteiger partial charge in [0.1, 0.15) is 11.7 Å². The first-order valence-corrected chi connectivity index (χ1v) is 6.09. The molecule has 1 aromatic carbocycles. The molecule has 1 saturated heterocycles. The molecule has 0 aliphatic carbocycles. The van der Waals surface area contributed by atoms with Gasteiger partial charge in [-0.15, -0.1) is 0 Å². The summed E-state index contributed by atoms with van der Waals surface area (Å²) in [5.41, 5.74) is 6.56. The quantitative estimate of drug-likeness (QED) is 0.555. The van der Waals surface area contributed by atoms with Crippen LogP contribution in [0.2, 0.25) is 0 Å². The van der Waals surface area contributed by atoms with Crippen molar-refractivity contribution < 1.29 is 9.50 Å². The molecule has 2 rings (SSSR count). The van der Waals surface area contributed by atoms with Crippen molar-refractivity contribution in [3.63, 3.8) is 0 Å². The SMILES string of the molecule is N=C(N)c1cc(F)cc(CN2CCCC(O)C2)c1. The van der Waals surface area contributed by atoms with Gasteiger partial charge in [-0.25, -0.2) is 4.39 Å². The zero-order valence-electron chi connectivity index (χ0n) is 10.2. The van der Waals surface area contributed by atoms with E-state index in [2.05, 4.69) is 4.90 Å². The lowest BCUT2D eigenvalue weighted by molar-refractivity contribution is 0.0668. The van der Waals surface area contributed by atoms with Crippen molar-refractivity contribution in [3.05, 3.63) is 35.1 Å². The highest BCUT2D eigenvalue weighted by atomic mass is 19.1. The number of nitrogen functional groups attached to an aromatic ring is 1. The summed E-state index contributed by atoms with van der Waals surface area (Å²) in [7, 11) is 0. The van der Waals surface area contributed by atoms with Crippen LogP contribution < -0.4 is 5.73 Å². The second kappa shape index (κ2) is 5.46. The van der Waals surface area contributed by atoms with Crippen LogP contribution in [0.5, 0.6) is 0 Å². The third-order valence-electron chi connectivity index (χ3n) is 3.16. The van der Waals surface area contributed by atoms with Gasteiger partial charge in [0.2, 0.25) is 0 Å². The highest BCUT2D eigenvalue weighted by Crippen LogP contribution is 2.15. The Hall–Kier alpha value is -1.46. The summed E-state index contributed by atoms with van der Waals surface area (Å²) in [5, 5.41) is 16.9. The summed E-state index contributed by atoms with van der Waals surface area (Å²) in [6.45, 7) is 2.10. The number of halogens is 1. The van der Waals surface area contributed by atoms with Gasteiger partial charge in [-0.2, -0.15) is 0 Å². The van der Waals surface area contributed by atoms with E-state index in [1.807, 2.05) is 0 Å². The van der Waals surface area contributed by atoms with Crippen molar-refractivity contribution in [1.82, 2.24) is 4.90 Å². The van der Waals surface area contributed by atoms with Crippen LogP contribution >= 0.6 is 0 Å². The van der Waals surface area contributed by atoms with Gasteiger partial charge in [-0.05, 0) is 43.1 Å². The lowest BCUT2D eigenvalue weighted by Gasteiger charge is -2.30. The van der Waals surface area contributed by atoms with Crippen molar-refractivity contribution in [3.8, 4) is 0 Å². The summed E-state index contributed by atoms with van der Waals surface area (Å²) in [6.07, 6.45) is 1.49. The number of rotatable bonds is 3. The maximum atomic E-state index is 13.4. The smallest absolute Gasteiger partial charge is 0.124 e. The molecular weight excluding hydrogens is 233 g/mol. The van der Waals surface area contributed by atoms with Gasteiger partial charge in [0.15, 0.2) is 0 Å². The molecule has 0 aromatic heterocycles. The molecule has 5 heteroatoms. The fourth-order valence-corrected chi connectivity index (χ4v) is 2.33. The average Bonchev–Trinajstić information content (AvgIpc) is 2.28. The minimum absolute atomic E-state index is 0.130. The number of aliphatic hydroxyl groups is 1. The maximum Gasteiger partial charge on any atom is 0.124 e. The number of hydrogen-bond acceptors (Lipinski definition) is 3. The number of hydrogen-bond donors (Lipinski definition) is 3. The number of nitrogens with one attached hydrogen (secondary N) is 1. The van der Waals surface area contributed by atoms with Crippen molar-refractivity contribution in [2.24, 2.45) is 5.73 Å². The van der Waals surface area contributed by atoms with Crippen LogP contribution in [-0.2, 0) is 6.54 Å².